The fourth-order valence-corrected chi connectivity index (χ4v) is 3.65. The average molecular weight is 315 g/mol. The molecule has 1 aromatic carbocycles. The lowest BCUT2D eigenvalue weighted by Gasteiger charge is -2.40. The summed E-state index contributed by atoms with van der Waals surface area (Å²) >= 11 is 0. The van der Waals surface area contributed by atoms with Crippen LogP contribution in [0.1, 0.15) is 19.3 Å². The van der Waals surface area contributed by atoms with Crippen LogP contribution in [0.15, 0.2) is 29.2 Å². The van der Waals surface area contributed by atoms with Gasteiger partial charge < -0.3 is 14.6 Å². The summed E-state index contributed by atoms with van der Waals surface area (Å²) < 4.78 is 37.4. The van der Waals surface area contributed by atoms with Gasteiger partial charge in [-0.3, -0.25) is 0 Å². The molecule has 0 aliphatic heterocycles. The molecule has 0 amide bonds. The van der Waals surface area contributed by atoms with Crippen molar-refractivity contribution in [2.24, 2.45) is 0 Å². The van der Waals surface area contributed by atoms with Crippen molar-refractivity contribution in [1.29, 1.82) is 0 Å². The first-order valence-corrected chi connectivity index (χ1v) is 8.36. The minimum atomic E-state index is -3.62. The maximum absolute atomic E-state index is 12.3. The number of nitrogens with one attached hydrogen (secondary N) is 1. The normalized spacial score (nSPS) is 17.2. The van der Waals surface area contributed by atoms with Crippen LogP contribution < -0.4 is 9.46 Å². The number of hydrogen-bond acceptors (Lipinski definition) is 5. The summed E-state index contributed by atoms with van der Waals surface area (Å²) in [5.74, 6) is 0.589. The molecule has 21 heavy (non-hydrogen) atoms. The van der Waals surface area contributed by atoms with Crippen molar-refractivity contribution < 1.29 is 23.0 Å². The third-order valence-electron chi connectivity index (χ3n) is 3.65. The zero-order valence-electron chi connectivity index (χ0n) is 12.0. The largest absolute Gasteiger partial charge is 0.491 e. The summed E-state index contributed by atoms with van der Waals surface area (Å²) in [5, 5.41) is 9.35. The molecule has 6 nitrogen and oxygen atoms in total. The number of aliphatic hydroxyl groups is 1. The van der Waals surface area contributed by atoms with Crippen molar-refractivity contribution in [2.75, 3.05) is 26.9 Å². The van der Waals surface area contributed by atoms with Crippen LogP contribution in [0.4, 0.5) is 0 Å². The molecule has 2 N–H and O–H groups in total. The van der Waals surface area contributed by atoms with Gasteiger partial charge in [0, 0.05) is 7.11 Å². The Morgan fingerprint density at radius 2 is 1.90 bits per heavy atom. The number of ether oxygens (including phenoxy) is 2. The Balaban J connectivity index is 2.03. The van der Waals surface area contributed by atoms with Crippen LogP contribution in [0.2, 0.25) is 0 Å². The molecule has 1 aliphatic carbocycles. The molecule has 0 atom stereocenters. The Bertz CT molecular complexity index is 546. The van der Waals surface area contributed by atoms with E-state index in [1.165, 1.54) is 12.1 Å². The molecule has 1 aromatic rings. The fraction of sp³-hybridized carbons (Fsp3) is 0.571. The lowest BCUT2D eigenvalue weighted by Crippen LogP contribution is -2.55. The molecule has 7 heteroatoms. The van der Waals surface area contributed by atoms with Crippen LogP contribution in [0.5, 0.6) is 5.75 Å². The van der Waals surface area contributed by atoms with Gasteiger partial charge in [0.25, 0.3) is 0 Å². The highest BCUT2D eigenvalue weighted by atomic mass is 32.2. The Kier molecular flexibility index (Phi) is 5.21. The number of sulfonamides is 1. The highest BCUT2D eigenvalue weighted by molar-refractivity contribution is 7.89. The van der Waals surface area contributed by atoms with Crippen LogP contribution in [-0.4, -0.2) is 46.0 Å². The second-order valence-corrected chi connectivity index (χ2v) is 6.89. The number of methoxy groups -OCH3 is 1. The first-order valence-electron chi connectivity index (χ1n) is 6.88. The molecular formula is C14H21NO5S. The number of rotatable bonds is 8. The molecule has 2 rings (SSSR count). The number of benzene rings is 1. The van der Waals surface area contributed by atoms with Gasteiger partial charge in [-0.1, -0.05) is 0 Å². The number of aliphatic hydroxyl groups excluding tert-OH is 1. The summed E-state index contributed by atoms with van der Waals surface area (Å²) in [5.41, 5.74) is -0.688. The average Bonchev–Trinajstić information content (AvgIpc) is 2.44. The van der Waals surface area contributed by atoms with E-state index in [9.17, 15) is 13.5 Å². The Morgan fingerprint density at radius 3 is 2.38 bits per heavy atom. The molecule has 118 valence electrons. The molecule has 0 aromatic heterocycles. The van der Waals surface area contributed by atoms with E-state index < -0.39 is 15.6 Å². The van der Waals surface area contributed by atoms with Crippen LogP contribution in [-0.2, 0) is 14.8 Å². The predicted molar refractivity (Wildman–Crippen MR) is 77.8 cm³/mol. The highest BCUT2D eigenvalue weighted by Crippen LogP contribution is 2.33. The smallest absolute Gasteiger partial charge is 0.241 e. The van der Waals surface area contributed by atoms with Gasteiger partial charge in [-0.15, -0.1) is 0 Å². The quantitative estimate of drug-likeness (QED) is 0.696. The first kappa shape index (κ1) is 16.2. The SMILES string of the molecule is COCCOc1ccc(S(=O)(=O)NC2(CO)CCC2)cc1. The molecule has 1 fully saturated rings. The second kappa shape index (κ2) is 6.74. The third kappa shape index (κ3) is 3.94. The van der Waals surface area contributed by atoms with E-state index in [0.717, 1.165) is 6.42 Å². The van der Waals surface area contributed by atoms with Crippen LogP contribution in [0, 0.1) is 0 Å². The molecule has 0 heterocycles. The van der Waals surface area contributed by atoms with Gasteiger partial charge >= 0.3 is 0 Å². The highest BCUT2D eigenvalue weighted by Gasteiger charge is 2.40. The topological polar surface area (TPSA) is 84.9 Å². The molecule has 1 saturated carbocycles. The van der Waals surface area contributed by atoms with Crippen molar-refractivity contribution >= 4 is 10.0 Å². The van der Waals surface area contributed by atoms with Crippen molar-refractivity contribution in [2.45, 2.75) is 29.7 Å². The maximum atomic E-state index is 12.3. The summed E-state index contributed by atoms with van der Waals surface area (Å²) in [6.45, 7) is 0.708. The number of hydrogen-bond donors (Lipinski definition) is 2. The van der Waals surface area contributed by atoms with E-state index in [2.05, 4.69) is 4.72 Å². The summed E-state index contributed by atoms with van der Waals surface area (Å²) in [4.78, 5) is 0.168. The van der Waals surface area contributed by atoms with Crippen molar-refractivity contribution in [3.05, 3.63) is 24.3 Å². The van der Waals surface area contributed by atoms with Crippen LogP contribution >= 0.6 is 0 Å². The van der Waals surface area contributed by atoms with Gasteiger partial charge in [0.2, 0.25) is 10.0 Å². The van der Waals surface area contributed by atoms with Gasteiger partial charge in [-0.2, -0.15) is 0 Å². The van der Waals surface area contributed by atoms with E-state index in [0.29, 0.717) is 31.8 Å². The molecule has 0 unspecified atom stereocenters. The third-order valence-corrected chi connectivity index (χ3v) is 5.25. The van der Waals surface area contributed by atoms with E-state index in [1.54, 1.807) is 19.2 Å². The van der Waals surface area contributed by atoms with Crippen molar-refractivity contribution in [1.82, 2.24) is 4.72 Å². The van der Waals surface area contributed by atoms with E-state index in [4.69, 9.17) is 9.47 Å². The molecule has 0 saturated heterocycles. The summed E-state index contributed by atoms with van der Waals surface area (Å²) in [6.07, 6.45) is 2.26. The van der Waals surface area contributed by atoms with Gasteiger partial charge in [0.05, 0.1) is 23.6 Å². The summed E-state index contributed by atoms with van der Waals surface area (Å²) in [6, 6.07) is 6.20. The van der Waals surface area contributed by atoms with Crippen LogP contribution in [0.3, 0.4) is 0 Å². The minimum Gasteiger partial charge on any atom is -0.491 e. The lowest BCUT2D eigenvalue weighted by atomic mass is 9.78. The molecule has 0 spiro atoms. The monoisotopic (exact) mass is 315 g/mol. The second-order valence-electron chi connectivity index (χ2n) is 5.21. The lowest BCUT2D eigenvalue weighted by molar-refractivity contribution is 0.110. The fourth-order valence-electron chi connectivity index (χ4n) is 2.20. The Morgan fingerprint density at radius 1 is 1.24 bits per heavy atom. The van der Waals surface area contributed by atoms with Gasteiger partial charge in [-0.25, -0.2) is 13.1 Å². The van der Waals surface area contributed by atoms with Crippen molar-refractivity contribution in [3.8, 4) is 5.75 Å². The van der Waals surface area contributed by atoms with Gasteiger partial charge in [0.15, 0.2) is 0 Å². The maximum Gasteiger partial charge on any atom is 0.241 e. The van der Waals surface area contributed by atoms with Crippen LogP contribution in [0.25, 0.3) is 0 Å². The summed E-state index contributed by atoms with van der Waals surface area (Å²) in [7, 11) is -2.04. The standard InChI is InChI=1S/C14H21NO5S/c1-19-9-10-20-12-3-5-13(6-4-12)21(17,18)15-14(11-16)7-2-8-14/h3-6,15-16H,2,7-11H2,1H3. The molecule has 0 radical (unpaired) electrons. The van der Waals surface area contributed by atoms with Crippen molar-refractivity contribution in [3.63, 3.8) is 0 Å². The minimum absolute atomic E-state index is 0.168. The van der Waals surface area contributed by atoms with E-state index in [-0.39, 0.29) is 11.5 Å². The Labute approximate surface area is 125 Å². The predicted octanol–water partition coefficient (Wildman–Crippen LogP) is 0.905. The zero-order chi connectivity index (χ0) is 15.3. The van der Waals surface area contributed by atoms with Gasteiger partial charge in [-0.05, 0) is 43.5 Å². The first-order chi connectivity index (χ1) is 10.0. The Hall–Kier alpha value is -1.15. The molecular weight excluding hydrogens is 294 g/mol. The van der Waals surface area contributed by atoms with Gasteiger partial charge in [0.1, 0.15) is 12.4 Å². The van der Waals surface area contributed by atoms with E-state index >= 15 is 0 Å². The zero-order valence-corrected chi connectivity index (χ0v) is 12.9. The molecule has 0 bridgehead atoms. The van der Waals surface area contributed by atoms with E-state index in [1.807, 2.05) is 0 Å². The molecule has 1 aliphatic rings.